The minimum Gasteiger partial charge on any atom is -0.497 e. The Kier molecular flexibility index (Phi) is 8.61. The van der Waals surface area contributed by atoms with Crippen molar-refractivity contribution in [1.29, 1.82) is 0 Å². The van der Waals surface area contributed by atoms with Crippen LogP contribution < -0.4 is 24.4 Å². The number of hydrogen-bond acceptors (Lipinski definition) is 7. The van der Waals surface area contributed by atoms with Crippen molar-refractivity contribution in [2.45, 2.75) is 46.1 Å². The highest BCUT2D eigenvalue weighted by Crippen LogP contribution is 2.31. The predicted octanol–water partition coefficient (Wildman–Crippen LogP) is 4.38. The van der Waals surface area contributed by atoms with E-state index in [1.54, 1.807) is 25.5 Å². The predicted molar refractivity (Wildman–Crippen MR) is 145 cm³/mol. The molecule has 0 bridgehead atoms. The SMILES string of the molecule is CCCCCOc1ccc(/C=c2/sc3n(c2=O)C(c2ccc(OC)cc2)C(C(=O)OCC)=C(C)N=3)cc1. The van der Waals surface area contributed by atoms with Gasteiger partial charge in [0.2, 0.25) is 0 Å². The molecular formula is C29H32N2O5S. The average molecular weight is 521 g/mol. The lowest BCUT2D eigenvalue weighted by molar-refractivity contribution is -0.139. The maximum atomic E-state index is 13.7. The van der Waals surface area contributed by atoms with Gasteiger partial charge in [0.25, 0.3) is 5.56 Å². The summed E-state index contributed by atoms with van der Waals surface area (Å²) >= 11 is 1.30. The second kappa shape index (κ2) is 12.1. The quantitative estimate of drug-likeness (QED) is 0.293. The summed E-state index contributed by atoms with van der Waals surface area (Å²) in [5, 5.41) is 0. The Labute approximate surface area is 220 Å². The summed E-state index contributed by atoms with van der Waals surface area (Å²) in [6.07, 6.45) is 5.17. The number of carbonyl (C=O) groups excluding carboxylic acids is 1. The van der Waals surface area contributed by atoms with Crippen LogP contribution in [0.2, 0.25) is 0 Å². The van der Waals surface area contributed by atoms with Gasteiger partial charge in [0.1, 0.15) is 11.5 Å². The van der Waals surface area contributed by atoms with Crippen molar-refractivity contribution in [3.05, 3.63) is 90.6 Å². The van der Waals surface area contributed by atoms with Crippen molar-refractivity contribution in [1.82, 2.24) is 4.57 Å². The molecule has 0 amide bonds. The van der Waals surface area contributed by atoms with Crippen molar-refractivity contribution in [2.75, 3.05) is 20.3 Å². The van der Waals surface area contributed by atoms with E-state index in [4.69, 9.17) is 14.2 Å². The number of hydrogen-bond donors (Lipinski definition) is 0. The standard InChI is InChI=1S/C29H32N2O5S/c1-5-7-8-17-36-23-13-9-20(10-14-23)18-24-27(32)31-26(21-11-15-22(34-4)16-12-21)25(28(33)35-6-2)19(3)30-29(31)37-24/h9-16,18,26H,5-8,17H2,1-4H3/b24-18+. The normalized spacial score (nSPS) is 15.2. The van der Waals surface area contributed by atoms with Crippen LogP contribution in [-0.2, 0) is 9.53 Å². The number of rotatable bonds is 10. The number of fused-ring (bicyclic) bond motifs is 1. The maximum Gasteiger partial charge on any atom is 0.338 e. The molecular weight excluding hydrogens is 488 g/mol. The topological polar surface area (TPSA) is 79.1 Å². The Hall–Kier alpha value is -3.65. The summed E-state index contributed by atoms with van der Waals surface area (Å²) < 4.78 is 18.6. The summed E-state index contributed by atoms with van der Waals surface area (Å²) in [5.41, 5.74) is 2.34. The molecule has 1 unspecified atom stereocenters. The summed E-state index contributed by atoms with van der Waals surface area (Å²) in [5.74, 6) is 1.02. The number of thiazole rings is 1. The van der Waals surface area contributed by atoms with Crippen molar-refractivity contribution in [3.8, 4) is 11.5 Å². The lowest BCUT2D eigenvalue weighted by Gasteiger charge is -2.24. The van der Waals surface area contributed by atoms with E-state index >= 15 is 0 Å². The van der Waals surface area contributed by atoms with E-state index in [1.807, 2.05) is 54.6 Å². The molecule has 194 valence electrons. The molecule has 0 fully saturated rings. The van der Waals surface area contributed by atoms with Gasteiger partial charge in [-0.05, 0) is 61.7 Å². The first-order valence-electron chi connectivity index (χ1n) is 12.5. The Morgan fingerprint density at radius 3 is 2.41 bits per heavy atom. The summed E-state index contributed by atoms with van der Waals surface area (Å²) in [7, 11) is 1.59. The fourth-order valence-electron chi connectivity index (χ4n) is 4.25. The first kappa shape index (κ1) is 26.4. The molecule has 37 heavy (non-hydrogen) atoms. The third kappa shape index (κ3) is 5.85. The van der Waals surface area contributed by atoms with Gasteiger partial charge in [-0.1, -0.05) is 55.4 Å². The molecule has 0 N–H and O–H groups in total. The molecule has 7 nitrogen and oxygen atoms in total. The minimum atomic E-state index is -0.651. The van der Waals surface area contributed by atoms with Gasteiger partial charge in [0.15, 0.2) is 4.80 Å². The van der Waals surface area contributed by atoms with Crippen LogP contribution in [0, 0.1) is 0 Å². The first-order chi connectivity index (χ1) is 18.0. The molecule has 1 aliphatic heterocycles. The van der Waals surface area contributed by atoms with Gasteiger partial charge < -0.3 is 14.2 Å². The van der Waals surface area contributed by atoms with E-state index in [9.17, 15) is 9.59 Å². The highest BCUT2D eigenvalue weighted by molar-refractivity contribution is 7.07. The number of allylic oxidation sites excluding steroid dienone is 1. The average Bonchev–Trinajstić information content (AvgIpc) is 3.21. The van der Waals surface area contributed by atoms with Gasteiger partial charge in [-0.25, -0.2) is 9.79 Å². The third-order valence-corrected chi connectivity index (χ3v) is 7.13. The molecule has 1 aliphatic rings. The van der Waals surface area contributed by atoms with Crippen molar-refractivity contribution in [3.63, 3.8) is 0 Å². The lowest BCUT2D eigenvalue weighted by Crippen LogP contribution is -2.39. The monoisotopic (exact) mass is 520 g/mol. The summed E-state index contributed by atoms with van der Waals surface area (Å²) in [6.45, 7) is 6.62. The molecule has 1 atom stereocenters. The van der Waals surface area contributed by atoms with Crippen LogP contribution in [0.3, 0.4) is 0 Å². The summed E-state index contributed by atoms with van der Waals surface area (Å²) in [4.78, 5) is 31.8. The number of methoxy groups -OCH3 is 1. The Bertz CT molecular complexity index is 1450. The zero-order valence-electron chi connectivity index (χ0n) is 21.7. The maximum absolute atomic E-state index is 13.7. The molecule has 8 heteroatoms. The molecule has 2 aromatic carbocycles. The van der Waals surface area contributed by atoms with Crippen LogP contribution in [0.4, 0.5) is 0 Å². The molecule has 2 heterocycles. The largest absolute Gasteiger partial charge is 0.497 e. The molecule has 0 radical (unpaired) electrons. The van der Waals surface area contributed by atoms with E-state index in [0.29, 0.717) is 33.0 Å². The van der Waals surface area contributed by atoms with Gasteiger partial charge in [-0.3, -0.25) is 9.36 Å². The molecule has 0 spiro atoms. The number of ether oxygens (including phenoxy) is 3. The lowest BCUT2D eigenvalue weighted by atomic mass is 9.96. The first-order valence-corrected chi connectivity index (χ1v) is 13.3. The van der Waals surface area contributed by atoms with Crippen LogP contribution in [0.5, 0.6) is 11.5 Å². The van der Waals surface area contributed by atoms with Crippen LogP contribution in [0.25, 0.3) is 6.08 Å². The number of esters is 1. The van der Waals surface area contributed by atoms with Crippen molar-refractivity contribution >= 4 is 23.4 Å². The van der Waals surface area contributed by atoms with E-state index in [-0.39, 0.29) is 12.2 Å². The second-order valence-corrected chi connectivity index (χ2v) is 9.71. The van der Waals surface area contributed by atoms with Gasteiger partial charge in [-0.15, -0.1) is 0 Å². The van der Waals surface area contributed by atoms with Gasteiger partial charge >= 0.3 is 5.97 Å². The van der Waals surface area contributed by atoms with E-state index in [0.717, 1.165) is 36.1 Å². The molecule has 0 saturated carbocycles. The van der Waals surface area contributed by atoms with E-state index in [2.05, 4.69) is 11.9 Å². The fourth-order valence-corrected chi connectivity index (χ4v) is 5.29. The molecule has 4 rings (SSSR count). The highest BCUT2D eigenvalue weighted by Gasteiger charge is 2.33. The number of benzene rings is 2. The van der Waals surface area contributed by atoms with Gasteiger partial charge in [0.05, 0.1) is 42.2 Å². The Morgan fingerprint density at radius 1 is 1.05 bits per heavy atom. The van der Waals surface area contributed by atoms with E-state index in [1.165, 1.54) is 11.3 Å². The van der Waals surface area contributed by atoms with Gasteiger partial charge in [-0.2, -0.15) is 0 Å². The van der Waals surface area contributed by atoms with Crippen LogP contribution in [0.1, 0.15) is 57.2 Å². The Balaban J connectivity index is 1.74. The van der Waals surface area contributed by atoms with E-state index < -0.39 is 12.0 Å². The van der Waals surface area contributed by atoms with Gasteiger partial charge in [0, 0.05) is 0 Å². The van der Waals surface area contributed by atoms with Crippen LogP contribution >= 0.6 is 11.3 Å². The zero-order valence-corrected chi connectivity index (χ0v) is 22.5. The number of carbonyl (C=O) groups is 1. The summed E-state index contributed by atoms with van der Waals surface area (Å²) in [6, 6.07) is 14.4. The number of unbranched alkanes of at least 4 members (excludes halogenated alkanes) is 2. The fraction of sp³-hybridized carbons (Fsp3) is 0.345. The molecule has 0 saturated heterocycles. The number of nitrogens with zero attached hydrogens (tertiary/aromatic N) is 2. The number of aromatic nitrogens is 1. The van der Waals surface area contributed by atoms with Crippen molar-refractivity contribution < 1.29 is 19.0 Å². The highest BCUT2D eigenvalue weighted by atomic mass is 32.1. The second-order valence-electron chi connectivity index (χ2n) is 8.70. The zero-order chi connectivity index (χ0) is 26.4. The molecule has 0 aliphatic carbocycles. The third-order valence-electron chi connectivity index (χ3n) is 6.14. The van der Waals surface area contributed by atoms with Crippen LogP contribution in [-0.4, -0.2) is 30.9 Å². The molecule has 3 aromatic rings. The van der Waals surface area contributed by atoms with Crippen molar-refractivity contribution in [2.24, 2.45) is 4.99 Å². The Morgan fingerprint density at radius 2 is 1.76 bits per heavy atom. The molecule has 1 aromatic heterocycles. The minimum absolute atomic E-state index is 0.209. The smallest absolute Gasteiger partial charge is 0.338 e. The van der Waals surface area contributed by atoms with Crippen LogP contribution in [0.15, 0.2) is 69.6 Å².